The number of rotatable bonds is 7. The van der Waals surface area contributed by atoms with Gasteiger partial charge in [0, 0.05) is 35.2 Å². The van der Waals surface area contributed by atoms with E-state index in [1.54, 1.807) is 24.5 Å². The van der Waals surface area contributed by atoms with Crippen molar-refractivity contribution in [1.29, 1.82) is 0 Å². The first kappa shape index (κ1) is 20.1. The van der Waals surface area contributed by atoms with Crippen molar-refractivity contribution in [2.45, 2.75) is 25.5 Å². The van der Waals surface area contributed by atoms with Gasteiger partial charge in [0.2, 0.25) is 5.91 Å². The number of nitrogens with one attached hydrogen (secondary N) is 1. The molecule has 0 unspecified atom stereocenters. The van der Waals surface area contributed by atoms with Gasteiger partial charge in [-0.1, -0.05) is 35.5 Å². The van der Waals surface area contributed by atoms with Crippen LogP contribution in [0.5, 0.6) is 0 Å². The molecule has 8 heteroatoms. The minimum atomic E-state index is -0.120. The highest BCUT2D eigenvalue weighted by molar-refractivity contribution is 7.99. The highest BCUT2D eigenvalue weighted by atomic mass is 35.5. The average molecular weight is 414 g/mol. The lowest BCUT2D eigenvalue weighted by atomic mass is 10.2. The fourth-order valence-corrected chi connectivity index (χ4v) is 3.57. The Kier molecular flexibility index (Phi) is 6.49. The average Bonchev–Trinajstić information content (AvgIpc) is 3.05. The zero-order valence-corrected chi connectivity index (χ0v) is 17.2. The first-order chi connectivity index (χ1) is 13.4. The van der Waals surface area contributed by atoms with E-state index in [-0.39, 0.29) is 11.7 Å². The number of amides is 1. The van der Waals surface area contributed by atoms with Crippen molar-refractivity contribution in [1.82, 2.24) is 19.7 Å². The lowest BCUT2D eigenvalue weighted by molar-refractivity contribution is -0.113. The zero-order chi connectivity index (χ0) is 20.1. The van der Waals surface area contributed by atoms with Gasteiger partial charge in [0.1, 0.15) is 0 Å². The Bertz CT molecular complexity index is 1000. The summed E-state index contributed by atoms with van der Waals surface area (Å²) in [7, 11) is 0. The molecule has 144 valence electrons. The maximum absolute atomic E-state index is 12.4. The molecule has 0 saturated carbocycles. The summed E-state index contributed by atoms with van der Waals surface area (Å²) in [6.45, 7) is 8.41. The predicted octanol–water partition coefficient (Wildman–Crippen LogP) is 4.61. The third kappa shape index (κ3) is 4.99. The number of carbonyl (C=O) groups excluding carboxylic acids is 1. The molecular weight excluding hydrogens is 394 g/mol. The molecule has 1 N–H and O–H groups in total. The number of allylic oxidation sites excluding steroid dienone is 1. The number of aromatic nitrogens is 4. The van der Waals surface area contributed by atoms with Gasteiger partial charge in [-0.25, -0.2) is 0 Å². The number of hydrogen-bond donors (Lipinski definition) is 1. The number of anilines is 1. The Labute approximate surface area is 173 Å². The summed E-state index contributed by atoms with van der Waals surface area (Å²) in [5.41, 5.74) is 3.54. The van der Waals surface area contributed by atoms with Crippen molar-refractivity contribution in [2.24, 2.45) is 0 Å². The summed E-state index contributed by atoms with van der Waals surface area (Å²) in [5, 5.41) is 12.8. The van der Waals surface area contributed by atoms with E-state index in [1.165, 1.54) is 11.8 Å². The first-order valence-corrected chi connectivity index (χ1v) is 9.97. The number of halogens is 1. The molecule has 1 amide bonds. The molecule has 0 saturated heterocycles. The molecular formula is C20H20ClN5OS. The molecule has 3 aromatic rings. The summed E-state index contributed by atoms with van der Waals surface area (Å²) >= 11 is 7.30. The van der Waals surface area contributed by atoms with E-state index in [1.807, 2.05) is 36.6 Å². The molecule has 2 heterocycles. The first-order valence-electron chi connectivity index (χ1n) is 8.61. The Morgan fingerprint density at radius 2 is 2.00 bits per heavy atom. The highest BCUT2D eigenvalue weighted by Crippen LogP contribution is 2.25. The molecule has 1 aromatic carbocycles. The number of hydrogen-bond acceptors (Lipinski definition) is 5. The molecule has 3 rings (SSSR count). The minimum absolute atomic E-state index is 0.120. The van der Waals surface area contributed by atoms with Crippen molar-refractivity contribution in [3.05, 3.63) is 65.5 Å². The van der Waals surface area contributed by atoms with Crippen LogP contribution in [0, 0.1) is 6.92 Å². The van der Waals surface area contributed by atoms with Gasteiger partial charge in [0.05, 0.1) is 5.75 Å². The Hall–Kier alpha value is -2.64. The lowest BCUT2D eigenvalue weighted by Gasteiger charge is -2.11. The van der Waals surface area contributed by atoms with Crippen molar-refractivity contribution in [2.75, 3.05) is 11.1 Å². The number of nitrogens with zero attached hydrogens (tertiary/aromatic N) is 4. The van der Waals surface area contributed by atoms with Crippen molar-refractivity contribution < 1.29 is 4.79 Å². The summed E-state index contributed by atoms with van der Waals surface area (Å²) in [4.78, 5) is 16.4. The minimum Gasteiger partial charge on any atom is -0.325 e. The smallest absolute Gasteiger partial charge is 0.234 e. The summed E-state index contributed by atoms with van der Waals surface area (Å²) in [6, 6.07) is 9.12. The SMILES string of the molecule is C=C(C)Cn1c(SCC(=O)Nc2ccc(Cl)cc2C)nnc1-c1ccncc1. The van der Waals surface area contributed by atoms with Crippen LogP contribution in [0.25, 0.3) is 11.4 Å². The van der Waals surface area contributed by atoms with E-state index in [0.29, 0.717) is 16.7 Å². The van der Waals surface area contributed by atoms with Gasteiger partial charge in [-0.15, -0.1) is 10.2 Å². The molecule has 0 fully saturated rings. The molecule has 0 bridgehead atoms. The van der Waals surface area contributed by atoms with Crippen molar-refractivity contribution in [3.8, 4) is 11.4 Å². The molecule has 6 nitrogen and oxygen atoms in total. The molecule has 0 atom stereocenters. The number of pyridine rings is 1. The quantitative estimate of drug-likeness (QED) is 0.452. The van der Waals surface area contributed by atoms with Crippen LogP contribution in [-0.4, -0.2) is 31.4 Å². The van der Waals surface area contributed by atoms with Crippen molar-refractivity contribution in [3.63, 3.8) is 0 Å². The fourth-order valence-electron chi connectivity index (χ4n) is 2.61. The van der Waals surface area contributed by atoms with Gasteiger partial charge in [-0.3, -0.25) is 14.3 Å². The van der Waals surface area contributed by atoms with Crippen LogP contribution in [0.15, 0.2) is 60.0 Å². The highest BCUT2D eigenvalue weighted by Gasteiger charge is 2.16. The van der Waals surface area contributed by atoms with E-state index in [2.05, 4.69) is 27.1 Å². The van der Waals surface area contributed by atoms with Crippen LogP contribution in [0.3, 0.4) is 0 Å². The van der Waals surface area contributed by atoms with Crippen LogP contribution in [0.4, 0.5) is 5.69 Å². The van der Waals surface area contributed by atoms with Gasteiger partial charge >= 0.3 is 0 Å². The molecule has 0 aliphatic rings. The molecule has 0 spiro atoms. The van der Waals surface area contributed by atoms with Crippen LogP contribution < -0.4 is 5.32 Å². The third-order valence-electron chi connectivity index (χ3n) is 3.88. The van der Waals surface area contributed by atoms with E-state index in [4.69, 9.17) is 11.6 Å². The molecule has 28 heavy (non-hydrogen) atoms. The van der Waals surface area contributed by atoms with Gasteiger partial charge in [0.15, 0.2) is 11.0 Å². The standard InChI is InChI=1S/C20H20ClN5OS/c1-13(2)11-26-19(15-6-8-22-9-7-15)24-25-20(26)28-12-18(27)23-17-5-4-16(21)10-14(17)3/h4-10H,1,11-12H2,2-3H3,(H,23,27). The van der Waals surface area contributed by atoms with Gasteiger partial charge in [-0.05, 0) is 49.7 Å². The third-order valence-corrected chi connectivity index (χ3v) is 5.08. The van der Waals surface area contributed by atoms with Crippen LogP contribution >= 0.6 is 23.4 Å². The second-order valence-electron chi connectivity index (χ2n) is 6.38. The molecule has 0 radical (unpaired) electrons. The normalized spacial score (nSPS) is 10.7. The Balaban J connectivity index is 1.74. The fraction of sp³-hybridized carbons (Fsp3) is 0.200. The van der Waals surface area contributed by atoms with E-state index in [9.17, 15) is 4.79 Å². The summed E-state index contributed by atoms with van der Waals surface area (Å²) in [5.74, 6) is 0.819. The van der Waals surface area contributed by atoms with Gasteiger partial charge in [-0.2, -0.15) is 0 Å². The van der Waals surface area contributed by atoms with E-state index < -0.39 is 0 Å². The topological polar surface area (TPSA) is 72.7 Å². The maximum Gasteiger partial charge on any atom is 0.234 e. The lowest BCUT2D eigenvalue weighted by Crippen LogP contribution is -2.15. The summed E-state index contributed by atoms with van der Waals surface area (Å²) < 4.78 is 1.96. The molecule has 0 aliphatic carbocycles. The van der Waals surface area contributed by atoms with Crippen molar-refractivity contribution >= 4 is 35.0 Å². The molecule has 0 aliphatic heterocycles. The number of aryl methyl sites for hydroxylation is 1. The Morgan fingerprint density at radius 3 is 2.68 bits per heavy atom. The monoisotopic (exact) mass is 413 g/mol. The van der Waals surface area contributed by atoms with Crippen LogP contribution in [-0.2, 0) is 11.3 Å². The second-order valence-corrected chi connectivity index (χ2v) is 7.76. The Morgan fingerprint density at radius 1 is 1.25 bits per heavy atom. The van der Waals surface area contributed by atoms with Crippen LogP contribution in [0.1, 0.15) is 12.5 Å². The van der Waals surface area contributed by atoms with Gasteiger partial charge in [0.25, 0.3) is 0 Å². The van der Waals surface area contributed by atoms with E-state index >= 15 is 0 Å². The predicted molar refractivity (Wildman–Crippen MR) is 114 cm³/mol. The largest absolute Gasteiger partial charge is 0.325 e. The number of carbonyl (C=O) groups is 1. The number of benzene rings is 1. The van der Waals surface area contributed by atoms with Gasteiger partial charge < -0.3 is 5.32 Å². The number of thioether (sulfide) groups is 1. The van der Waals surface area contributed by atoms with E-state index in [0.717, 1.165) is 28.2 Å². The molecule has 2 aromatic heterocycles. The maximum atomic E-state index is 12.4. The zero-order valence-electron chi connectivity index (χ0n) is 15.6. The second kappa shape index (κ2) is 9.03. The van der Waals surface area contributed by atoms with Crippen LogP contribution in [0.2, 0.25) is 5.02 Å². The summed E-state index contributed by atoms with van der Waals surface area (Å²) in [6.07, 6.45) is 3.42.